The fourth-order valence-corrected chi connectivity index (χ4v) is 2.37. The highest BCUT2D eigenvalue weighted by Gasteiger charge is 2.31. The standard InChI is InChI=1S/C11H18N2O3S/c12-10(17)9-7-13(3-6-16-9)11(14)8-1-4-15-5-2-8/h8-9H,1-7H2,(H2,12,17). The number of hydrogen-bond acceptors (Lipinski definition) is 4. The Morgan fingerprint density at radius 1 is 1.29 bits per heavy atom. The molecule has 0 aromatic heterocycles. The fraction of sp³-hybridized carbons (Fsp3) is 0.818. The van der Waals surface area contributed by atoms with Crippen molar-refractivity contribution >= 4 is 23.1 Å². The smallest absolute Gasteiger partial charge is 0.226 e. The van der Waals surface area contributed by atoms with Gasteiger partial charge in [0.25, 0.3) is 0 Å². The summed E-state index contributed by atoms with van der Waals surface area (Å²) in [4.78, 5) is 14.4. The molecule has 2 N–H and O–H groups in total. The zero-order chi connectivity index (χ0) is 12.3. The van der Waals surface area contributed by atoms with Gasteiger partial charge in [-0.15, -0.1) is 0 Å². The summed E-state index contributed by atoms with van der Waals surface area (Å²) in [5, 5.41) is 0. The van der Waals surface area contributed by atoms with Gasteiger partial charge in [0, 0.05) is 25.7 Å². The van der Waals surface area contributed by atoms with E-state index in [0.717, 1.165) is 12.8 Å². The van der Waals surface area contributed by atoms with Crippen LogP contribution < -0.4 is 5.73 Å². The molecule has 0 aromatic carbocycles. The number of rotatable bonds is 2. The van der Waals surface area contributed by atoms with Gasteiger partial charge < -0.3 is 20.1 Å². The van der Waals surface area contributed by atoms with Crippen LogP contribution in [0.2, 0.25) is 0 Å². The van der Waals surface area contributed by atoms with Gasteiger partial charge in [-0.3, -0.25) is 4.79 Å². The van der Waals surface area contributed by atoms with Crippen LogP contribution in [0.15, 0.2) is 0 Å². The molecule has 2 heterocycles. The number of morpholine rings is 1. The molecule has 2 saturated heterocycles. The molecule has 0 radical (unpaired) electrons. The highest BCUT2D eigenvalue weighted by molar-refractivity contribution is 7.80. The molecular weight excluding hydrogens is 240 g/mol. The first-order valence-corrected chi connectivity index (χ1v) is 6.37. The van der Waals surface area contributed by atoms with Crippen molar-refractivity contribution in [1.29, 1.82) is 0 Å². The molecule has 2 fully saturated rings. The van der Waals surface area contributed by atoms with Crippen molar-refractivity contribution in [3.63, 3.8) is 0 Å². The number of ether oxygens (including phenoxy) is 2. The van der Waals surface area contributed by atoms with E-state index in [2.05, 4.69) is 0 Å². The summed E-state index contributed by atoms with van der Waals surface area (Å²) < 4.78 is 10.7. The van der Waals surface area contributed by atoms with E-state index >= 15 is 0 Å². The monoisotopic (exact) mass is 258 g/mol. The molecule has 0 bridgehead atoms. The van der Waals surface area contributed by atoms with Gasteiger partial charge in [-0.1, -0.05) is 12.2 Å². The molecule has 2 aliphatic heterocycles. The maximum Gasteiger partial charge on any atom is 0.226 e. The maximum absolute atomic E-state index is 12.3. The van der Waals surface area contributed by atoms with Gasteiger partial charge in [0.1, 0.15) is 11.1 Å². The van der Waals surface area contributed by atoms with Crippen LogP contribution in [-0.2, 0) is 14.3 Å². The minimum Gasteiger partial charge on any atom is -0.391 e. The molecule has 17 heavy (non-hydrogen) atoms. The van der Waals surface area contributed by atoms with Gasteiger partial charge in [0.2, 0.25) is 5.91 Å². The number of hydrogen-bond donors (Lipinski definition) is 1. The molecule has 0 spiro atoms. The van der Waals surface area contributed by atoms with E-state index in [1.54, 1.807) is 0 Å². The molecular formula is C11H18N2O3S. The topological polar surface area (TPSA) is 64.8 Å². The molecule has 96 valence electrons. The Morgan fingerprint density at radius 2 is 2.00 bits per heavy atom. The zero-order valence-electron chi connectivity index (χ0n) is 9.76. The van der Waals surface area contributed by atoms with E-state index < -0.39 is 0 Å². The quantitative estimate of drug-likeness (QED) is 0.702. The van der Waals surface area contributed by atoms with Crippen LogP contribution in [0.1, 0.15) is 12.8 Å². The summed E-state index contributed by atoms with van der Waals surface area (Å²) in [5.74, 6) is 0.284. The molecule has 2 aliphatic rings. The van der Waals surface area contributed by atoms with Crippen molar-refractivity contribution in [3.8, 4) is 0 Å². The second-order valence-corrected chi connectivity index (χ2v) is 4.90. The van der Waals surface area contributed by atoms with Crippen LogP contribution in [0.5, 0.6) is 0 Å². The summed E-state index contributed by atoms with van der Waals surface area (Å²) in [5.41, 5.74) is 5.56. The Balaban J connectivity index is 1.91. The third-order valence-corrected chi connectivity index (χ3v) is 3.53. The second kappa shape index (κ2) is 5.75. The fourth-order valence-electron chi connectivity index (χ4n) is 2.22. The molecule has 1 amide bonds. The lowest BCUT2D eigenvalue weighted by Crippen LogP contribution is -2.51. The van der Waals surface area contributed by atoms with Crippen LogP contribution in [0.25, 0.3) is 0 Å². The lowest BCUT2D eigenvalue weighted by atomic mass is 9.98. The zero-order valence-corrected chi connectivity index (χ0v) is 10.6. The number of nitrogens with two attached hydrogens (primary N) is 1. The van der Waals surface area contributed by atoms with E-state index in [1.165, 1.54) is 0 Å². The Bertz CT molecular complexity index is 305. The number of amides is 1. The predicted molar refractivity (Wildman–Crippen MR) is 66.6 cm³/mol. The van der Waals surface area contributed by atoms with Crippen molar-refractivity contribution in [2.45, 2.75) is 18.9 Å². The number of carbonyl (C=O) groups is 1. The first-order chi connectivity index (χ1) is 8.18. The van der Waals surface area contributed by atoms with E-state index in [9.17, 15) is 4.79 Å². The Morgan fingerprint density at radius 3 is 2.65 bits per heavy atom. The molecule has 0 aromatic rings. The predicted octanol–water partition coefficient (Wildman–Crippen LogP) is -0.0735. The normalized spacial score (nSPS) is 26.8. The SMILES string of the molecule is NC(=S)C1CN(C(=O)C2CCOCC2)CCO1. The average molecular weight is 258 g/mol. The van der Waals surface area contributed by atoms with Crippen LogP contribution in [0.4, 0.5) is 0 Å². The third-order valence-electron chi connectivity index (χ3n) is 3.27. The van der Waals surface area contributed by atoms with Crippen LogP contribution in [0.3, 0.4) is 0 Å². The van der Waals surface area contributed by atoms with Gasteiger partial charge in [-0.2, -0.15) is 0 Å². The Labute approximate surface area is 106 Å². The summed E-state index contributed by atoms with van der Waals surface area (Å²) in [6.07, 6.45) is 1.34. The highest BCUT2D eigenvalue weighted by atomic mass is 32.1. The first-order valence-electron chi connectivity index (χ1n) is 5.96. The molecule has 6 heteroatoms. The largest absolute Gasteiger partial charge is 0.391 e. The molecule has 0 saturated carbocycles. The van der Waals surface area contributed by atoms with Crippen LogP contribution >= 0.6 is 12.2 Å². The van der Waals surface area contributed by atoms with Crippen molar-refractivity contribution in [2.24, 2.45) is 11.7 Å². The van der Waals surface area contributed by atoms with Crippen LogP contribution in [-0.4, -0.2) is 54.8 Å². The van der Waals surface area contributed by atoms with Crippen LogP contribution in [0, 0.1) is 5.92 Å². The summed E-state index contributed by atoms with van der Waals surface area (Å²) in [7, 11) is 0. The second-order valence-electron chi connectivity index (χ2n) is 4.43. The van der Waals surface area contributed by atoms with Gasteiger partial charge in [0.05, 0.1) is 13.2 Å². The van der Waals surface area contributed by atoms with Crippen molar-refractivity contribution < 1.29 is 14.3 Å². The number of carbonyl (C=O) groups excluding carboxylic acids is 1. The third kappa shape index (κ3) is 3.14. The summed E-state index contributed by atoms with van der Waals surface area (Å²) in [6.45, 7) is 3.00. The van der Waals surface area contributed by atoms with Crippen molar-refractivity contribution in [2.75, 3.05) is 32.9 Å². The lowest BCUT2D eigenvalue weighted by molar-refractivity contribution is -0.143. The lowest BCUT2D eigenvalue weighted by Gasteiger charge is -2.35. The minimum absolute atomic E-state index is 0.0915. The minimum atomic E-state index is -0.289. The van der Waals surface area contributed by atoms with E-state index in [1.807, 2.05) is 4.90 Å². The van der Waals surface area contributed by atoms with Crippen molar-refractivity contribution in [1.82, 2.24) is 4.90 Å². The van der Waals surface area contributed by atoms with E-state index in [4.69, 9.17) is 27.4 Å². The molecule has 1 atom stereocenters. The van der Waals surface area contributed by atoms with Gasteiger partial charge in [-0.25, -0.2) is 0 Å². The Hall–Kier alpha value is -0.720. The van der Waals surface area contributed by atoms with Gasteiger partial charge >= 0.3 is 0 Å². The molecule has 2 rings (SSSR count). The number of thiocarbonyl (C=S) groups is 1. The molecule has 0 aliphatic carbocycles. The van der Waals surface area contributed by atoms with Gasteiger partial charge in [0.15, 0.2) is 0 Å². The molecule has 5 nitrogen and oxygen atoms in total. The summed E-state index contributed by atoms with van der Waals surface area (Å²) >= 11 is 4.91. The maximum atomic E-state index is 12.3. The van der Waals surface area contributed by atoms with Gasteiger partial charge in [-0.05, 0) is 12.8 Å². The Kier molecular flexibility index (Phi) is 4.31. The summed E-state index contributed by atoms with van der Waals surface area (Å²) in [6, 6.07) is 0. The average Bonchev–Trinajstić information content (AvgIpc) is 2.39. The first kappa shape index (κ1) is 12.7. The van der Waals surface area contributed by atoms with E-state index in [-0.39, 0.29) is 17.9 Å². The van der Waals surface area contributed by atoms with Crippen molar-refractivity contribution in [3.05, 3.63) is 0 Å². The molecule has 1 unspecified atom stereocenters. The number of nitrogens with zero attached hydrogens (tertiary/aromatic N) is 1. The highest BCUT2D eigenvalue weighted by Crippen LogP contribution is 2.19. The van der Waals surface area contributed by atoms with E-state index in [0.29, 0.717) is 37.9 Å².